The van der Waals surface area contributed by atoms with Crippen LogP contribution in [-0.4, -0.2) is 45.6 Å². The molecule has 0 aliphatic carbocycles. The van der Waals surface area contributed by atoms with Crippen LogP contribution in [0.3, 0.4) is 0 Å². The third-order valence-electron chi connectivity index (χ3n) is 7.54. The fourth-order valence-electron chi connectivity index (χ4n) is 5.94. The van der Waals surface area contributed by atoms with Crippen molar-refractivity contribution in [1.29, 1.82) is 0 Å². The molecule has 3 aliphatic heterocycles. The highest BCUT2D eigenvalue weighted by molar-refractivity contribution is 6.26. The number of amides is 5. The monoisotopic (exact) mass is 445 g/mol. The lowest BCUT2D eigenvalue weighted by Crippen LogP contribution is -2.53. The number of hydrogen-bond donors (Lipinski definition) is 0. The van der Waals surface area contributed by atoms with Crippen molar-refractivity contribution < 1.29 is 19.2 Å². The lowest BCUT2D eigenvalue weighted by molar-refractivity contribution is -0.144. The molecule has 7 heteroatoms. The molecule has 0 N–H and O–H groups in total. The van der Waals surface area contributed by atoms with Crippen LogP contribution in [-0.2, 0) is 14.4 Å². The van der Waals surface area contributed by atoms with E-state index in [-0.39, 0.29) is 24.8 Å². The van der Waals surface area contributed by atoms with Crippen LogP contribution >= 0.6 is 0 Å². The van der Waals surface area contributed by atoms with E-state index in [9.17, 15) is 19.2 Å². The summed E-state index contributed by atoms with van der Waals surface area (Å²) in [6.45, 7) is 7.72. The Balaban J connectivity index is 1.73. The highest BCUT2D eigenvalue weighted by Gasteiger charge is 2.76. The molecule has 7 nitrogen and oxygen atoms in total. The molecule has 2 aromatic carbocycles. The zero-order valence-electron chi connectivity index (χ0n) is 19.2. The van der Waals surface area contributed by atoms with Crippen LogP contribution in [0, 0.1) is 25.7 Å². The van der Waals surface area contributed by atoms with Crippen molar-refractivity contribution in [2.45, 2.75) is 45.7 Å². The largest absolute Gasteiger partial charge is 0.332 e. The van der Waals surface area contributed by atoms with Gasteiger partial charge in [-0.2, -0.15) is 0 Å². The standard InChI is InChI=1S/C26H27N3O4/c1-5-26-20-19(22(30)27(6-2)23(20)31)21(17-11-7-15(3)8-12-17)29(26)25(33)28(24(26)32)18-13-9-16(4)10-14-18/h7-14,19-21H,5-6H2,1-4H3/t19-,20-,21-,26-/m1/s1. The van der Waals surface area contributed by atoms with E-state index >= 15 is 0 Å². The number of nitrogens with zero attached hydrogens (tertiary/aromatic N) is 3. The van der Waals surface area contributed by atoms with Crippen molar-refractivity contribution in [2.75, 3.05) is 11.4 Å². The SMILES string of the molecule is CCN1C(=O)[C@H]2[C@@H](c3ccc(C)cc3)N3C(=O)N(c4ccc(C)cc4)C(=O)[C@@]3(CC)[C@H]2C1=O. The molecule has 0 spiro atoms. The predicted molar refractivity (Wildman–Crippen MR) is 122 cm³/mol. The van der Waals surface area contributed by atoms with Crippen LogP contribution in [0.15, 0.2) is 48.5 Å². The van der Waals surface area contributed by atoms with Gasteiger partial charge in [0, 0.05) is 6.54 Å². The molecule has 4 atom stereocenters. The van der Waals surface area contributed by atoms with Crippen molar-refractivity contribution in [1.82, 2.24) is 9.80 Å². The molecular formula is C26H27N3O4. The normalized spacial score (nSPS) is 28.7. The molecule has 3 aliphatic rings. The maximum absolute atomic E-state index is 14.0. The minimum Gasteiger partial charge on any atom is -0.300 e. The van der Waals surface area contributed by atoms with Crippen molar-refractivity contribution >= 4 is 29.4 Å². The number of likely N-dealkylation sites (tertiary alicyclic amines) is 1. The first-order chi connectivity index (χ1) is 15.8. The van der Waals surface area contributed by atoms with Crippen molar-refractivity contribution in [2.24, 2.45) is 11.8 Å². The number of carbonyl (C=O) groups is 4. The first-order valence-electron chi connectivity index (χ1n) is 11.4. The molecule has 0 saturated carbocycles. The van der Waals surface area contributed by atoms with Gasteiger partial charge in [0.25, 0.3) is 5.91 Å². The van der Waals surface area contributed by atoms with Crippen LogP contribution in [0.4, 0.5) is 10.5 Å². The first kappa shape index (κ1) is 21.4. The molecule has 0 aromatic heterocycles. The summed E-state index contributed by atoms with van der Waals surface area (Å²) in [4.78, 5) is 58.8. The Bertz CT molecular complexity index is 1170. The number of aryl methyl sites for hydroxylation is 2. The molecule has 0 bridgehead atoms. The average Bonchev–Trinajstić information content (AvgIpc) is 3.33. The van der Waals surface area contributed by atoms with Gasteiger partial charge in [-0.25, -0.2) is 9.69 Å². The maximum atomic E-state index is 14.0. The number of benzene rings is 2. The van der Waals surface area contributed by atoms with Crippen LogP contribution in [0.25, 0.3) is 0 Å². The summed E-state index contributed by atoms with van der Waals surface area (Å²) in [5, 5.41) is 0. The summed E-state index contributed by atoms with van der Waals surface area (Å²) >= 11 is 0. The fourth-order valence-corrected chi connectivity index (χ4v) is 5.94. The molecule has 0 radical (unpaired) electrons. The highest BCUT2D eigenvalue weighted by atomic mass is 16.2. The Morgan fingerprint density at radius 2 is 1.39 bits per heavy atom. The summed E-state index contributed by atoms with van der Waals surface area (Å²) in [5.41, 5.74) is 1.90. The lowest BCUT2D eigenvalue weighted by atomic mass is 9.77. The van der Waals surface area contributed by atoms with E-state index < -0.39 is 35.4 Å². The highest BCUT2D eigenvalue weighted by Crippen LogP contribution is 2.59. The third-order valence-corrected chi connectivity index (χ3v) is 7.54. The van der Waals surface area contributed by atoms with Gasteiger partial charge in [-0.05, 0) is 44.9 Å². The quantitative estimate of drug-likeness (QED) is 0.532. The number of urea groups is 1. The topological polar surface area (TPSA) is 78.0 Å². The van der Waals surface area contributed by atoms with Crippen molar-refractivity contribution in [3.8, 4) is 0 Å². The molecule has 3 heterocycles. The van der Waals surface area contributed by atoms with Crippen LogP contribution in [0.5, 0.6) is 0 Å². The van der Waals surface area contributed by atoms with Gasteiger partial charge in [0.2, 0.25) is 11.8 Å². The van der Waals surface area contributed by atoms with E-state index in [0.717, 1.165) is 16.7 Å². The molecule has 3 saturated heterocycles. The molecular weight excluding hydrogens is 418 g/mol. The Kier molecular flexibility index (Phi) is 4.71. The van der Waals surface area contributed by atoms with Gasteiger partial charge in [0.15, 0.2) is 0 Å². The van der Waals surface area contributed by atoms with Gasteiger partial charge >= 0.3 is 6.03 Å². The lowest BCUT2D eigenvalue weighted by Gasteiger charge is -2.34. The summed E-state index contributed by atoms with van der Waals surface area (Å²) in [7, 11) is 0. The molecule has 33 heavy (non-hydrogen) atoms. The van der Waals surface area contributed by atoms with E-state index in [2.05, 4.69) is 0 Å². The van der Waals surface area contributed by atoms with Gasteiger partial charge in [0.05, 0.1) is 23.6 Å². The Hall–Kier alpha value is -3.48. The van der Waals surface area contributed by atoms with E-state index in [4.69, 9.17) is 0 Å². The number of anilines is 1. The summed E-state index contributed by atoms with van der Waals surface area (Å²) in [6.07, 6.45) is 0.250. The zero-order chi connectivity index (χ0) is 23.7. The Labute approximate surface area is 193 Å². The van der Waals surface area contributed by atoms with E-state index in [1.54, 1.807) is 19.1 Å². The van der Waals surface area contributed by atoms with Gasteiger partial charge in [-0.15, -0.1) is 0 Å². The Morgan fingerprint density at radius 1 is 0.818 bits per heavy atom. The first-order valence-corrected chi connectivity index (χ1v) is 11.4. The molecule has 5 amide bonds. The van der Waals surface area contributed by atoms with Crippen LogP contribution < -0.4 is 4.90 Å². The maximum Gasteiger partial charge on any atom is 0.332 e. The number of imide groups is 2. The van der Waals surface area contributed by atoms with Gasteiger partial charge in [-0.3, -0.25) is 19.3 Å². The minimum atomic E-state index is -1.39. The number of carbonyl (C=O) groups excluding carboxylic acids is 4. The molecule has 3 fully saturated rings. The number of fused-ring (bicyclic) bond motifs is 3. The van der Waals surface area contributed by atoms with Crippen molar-refractivity contribution in [3.63, 3.8) is 0 Å². The summed E-state index contributed by atoms with van der Waals surface area (Å²) < 4.78 is 0. The molecule has 170 valence electrons. The van der Waals surface area contributed by atoms with Crippen molar-refractivity contribution in [3.05, 3.63) is 65.2 Å². The van der Waals surface area contributed by atoms with Gasteiger partial charge in [0.1, 0.15) is 5.54 Å². The van der Waals surface area contributed by atoms with E-state index in [1.807, 2.05) is 57.2 Å². The number of hydrogen-bond acceptors (Lipinski definition) is 4. The zero-order valence-corrected chi connectivity index (χ0v) is 19.2. The van der Waals surface area contributed by atoms with Crippen LogP contribution in [0.1, 0.15) is 43.0 Å². The fraction of sp³-hybridized carbons (Fsp3) is 0.385. The van der Waals surface area contributed by atoms with Gasteiger partial charge < -0.3 is 4.90 Å². The summed E-state index contributed by atoms with van der Waals surface area (Å²) in [6, 6.07) is 13.7. The number of rotatable bonds is 4. The van der Waals surface area contributed by atoms with Gasteiger partial charge in [-0.1, -0.05) is 54.4 Å². The predicted octanol–water partition coefficient (Wildman–Crippen LogP) is 3.60. The average molecular weight is 446 g/mol. The molecule has 5 rings (SSSR count). The minimum absolute atomic E-state index is 0.245. The van der Waals surface area contributed by atoms with Crippen LogP contribution in [0.2, 0.25) is 0 Å². The molecule has 0 unspecified atom stereocenters. The third kappa shape index (κ3) is 2.62. The van der Waals surface area contributed by atoms with E-state index in [1.165, 1.54) is 14.7 Å². The second kappa shape index (κ2) is 7.27. The second-order valence-electron chi connectivity index (χ2n) is 9.19. The Morgan fingerprint density at radius 3 is 1.94 bits per heavy atom. The van der Waals surface area contributed by atoms with E-state index in [0.29, 0.717) is 5.69 Å². The molecule has 2 aromatic rings. The second-order valence-corrected chi connectivity index (χ2v) is 9.19. The summed E-state index contributed by atoms with van der Waals surface area (Å²) in [5.74, 6) is -2.76. The smallest absolute Gasteiger partial charge is 0.300 e.